The number of rotatable bonds is 4. The third-order valence-corrected chi connectivity index (χ3v) is 4.65. The van der Waals surface area contributed by atoms with Crippen LogP contribution >= 0.6 is 11.6 Å². The van der Waals surface area contributed by atoms with Crippen molar-refractivity contribution in [3.8, 4) is 6.07 Å². The summed E-state index contributed by atoms with van der Waals surface area (Å²) in [5, 5.41) is 19.1. The normalized spacial score (nSPS) is 17.0. The maximum Gasteiger partial charge on any atom is 0.305 e. The molecule has 4 nitrogen and oxygen atoms in total. The summed E-state index contributed by atoms with van der Waals surface area (Å²) in [6.07, 6.45) is 4.95. The molecule has 1 N–H and O–H groups in total. The second-order valence-corrected chi connectivity index (χ2v) is 6.12. The Bertz CT molecular complexity index is 574. The monoisotopic (exact) mass is 306 g/mol. The van der Waals surface area contributed by atoms with Gasteiger partial charge >= 0.3 is 5.97 Å². The van der Waals surface area contributed by atoms with Crippen LogP contribution in [0.5, 0.6) is 0 Å². The van der Waals surface area contributed by atoms with Gasteiger partial charge in [0.2, 0.25) is 0 Å². The molecule has 0 amide bonds. The van der Waals surface area contributed by atoms with Gasteiger partial charge in [-0.05, 0) is 31.0 Å². The summed E-state index contributed by atoms with van der Waals surface area (Å²) in [7, 11) is 1.89. The lowest BCUT2D eigenvalue weighted by Crippen LogP contribution is -2.50. The van der Waals surface area contributed by atoms with E-state index in [4.69, 9.17) is 11.6 Å². The van der Waals surface area contributed by atoms with Crippen molar-refractivity contribution in [2.24, 2.45) is 0 Å². The Morgan fingerprint density at radius 1 is 1.43 bits per heavy atom. The Kier molecular flexibility index (Phi) is 4.74. The zero-order valence-electron chi connectivity index (χ0n) is 12.1. The molecule has 5 heteroatoms. The minimum Gasteiger partial charge on any atom is -0.481 e. The Morgan fingerprint density at radius 2 is 2.10 bits per heavy atom. The molecule has 21 heavy (non-hydrogen) atoms. The van der Waals surface area contributed by atoms with Gasteiger partial charge in [-0.25, -0.2) is 0 Å². The van der Waals surface area contributed by atoms with Gasteiger partial charge in [0.15, 0.2) is 0 Å². The van der Waals surface area contributed by atoms with Crippen LogP contribution in [0.3, 0.4) is 0 Å². The highest BCUT2D eigenvalue weighted by atomic mass is 35.5. The molecular formula is C16H19ClN2O2. The molecule has 1 aromatic rings. The number of nitrogens with zero attached hydrogens (tertiary/aromatic N) is 2. The molecule has 1 fully saturated rings. The smallest absolute Gasteiger partial charge is 0.305 e. The Morgan fingerprint density at radius 3 is 2.67 bits per heavy atom. The fourth-order valence-corrected chi connectivity index (χ4v) is 3.44. The number of anilines is 1. The van der Waals surface area contributed by atoms with Gasteiger partial charge in [0.05, 0.1) is 23.2 Å². The van der Waals surface area contributed by atoms with Gasteiger partial charge in [-0.15, -0.1) is 0 Å². The van der Waals surface area contributed by atoms with Crippen LogP contribution in [-0.2, 0) is 4.79 Å². The minimum atomic E-state index is -0.795. The quantitative estimate of drug-likeness (QED) is 0.918. The van der Waals surface area contributed by atoms with Crippen LogP contribution in [0.2, 0.25) is 5.02 Å². The largest absolute Gasteiger partial charge is 0.481 e. The van der Waals surface area contributed by atoms with Gasteiger partial charge in [0, 0.05) is 12.1 Å². The molecule has 2 rings (SSSR count). The average Bonchev–Trinajstić information content (AvgIpc) is 2.46. The van der Waals surface area contributed by atoms with Crippen molar-refractivity contribution < 1.29 is 9.90 Å². The molecule has 0 radical (unpaired) electrons. The summed E-state index contributed by atoms with van der Waals surface area (Å²) >= 11 is 5.94. The summed E-state index contributed by atoms with van der Waals surface area (Å²) in [6.45, 7) is 0. The zero-order chi connectivity index (χ0) is 15.5. The summed E-state index contributed by atoms with van der Waals surface area (Å²) in [4.78, 5) is 13.3. The molecular weight excluding hydrogens is 288 g/mol. The van der Waals surface area contributed by atoms with E-state index in [1.165, 1.54) is 0 Å². The van der Waals surface area contributed by atoms with Crippen LogP contribution in [0.1, 0.15) is 44.1 Å². The zero-order valence-corrected chi connectivity index (χ0v) is 12.9. The topological polar surface area (TPSA) is 64.3 Å². The second-order valence-electron chi connectivity index (χ2n) is 5.69. The fourth-order valence-electron chi connectivity index (χ4n) is 3.27. The number of hydrogen-bond acceptors (Lipinski definition) is 3. The number of carboxylic acids is 1. The predicted octanol–water partition coefficient (Wildman–Crippen LogP) is 3.83. The van der Waals surface area contributed by atoms with Crippen molar-refractivity contribution in [1.82, 2.24) is 0 Å². The highest BCUT2D eigenvalue weighted by Crippen LogP contribution is 2.39. The molecule has 0 atom stereocenters. The van der Waals surface area contributed by atoms with E-state index in [9.17, 15) is 15.2 Å². The number of aliphatic carboxylic acids is 1. The van der Waals surface area contributed by atoms with E-state index in [1.54, 1.807) is 18.2 Å². The molecule has 112 valence electrons. The van der Waals surface area contributed by atoms with E-state index in [0.717, 1.165) is 37.8 Å². The van der Waals surface area contributed by atoms with Crippen LogP contribution in [0.4, 0.5) is 5.69 Å². The minimum absolute atomic E-state index is 0.0942. The number of carbonyl (C=O) groups is 1. The van der Waals surface area contributed by atoms with E-state index >= 15 is 0 Å². The van der Waals surface area contributed by atoms with Crippen LogP contribution in [0.25, 0.3) is 0 Å². The molecule has 0 unspecified atom stereocenters. The molecule has 0 aromatic heterocycles. The van der Waals surface area contributed by atoms with Crippen molar-refractivity contribution in [1.29, 1.82) is 5.26 Å². The van der Waals surface area contributed by atoms with Crippen molar-refractivity contribution in [2.45, 2.75) is 44.1 Å². The molecule has 0 aliphatic heterocycles. The molecule has 0 saturated heterocycles. The van der Waals surface area contributed by atoms with Crippen molar-refractivity contribution in [2.75, 3.05) is 11.9 Å². The number of hydrogen-bond donors (Lipinski definition) is 1. The van der Waals surface area contributed by atoms with Crippen molar-refractivity contribution >= 4 is 23.3 Å². The van der Waals surface area contributed by atoms with E-state index in [2.05, 4.69) is 6.07 Å². The molecule has 1 aliphatic rings. The highest BCUT2D eigenvalue weighted by Gasteiger charge is 2.39. The Labute approximate surface area is 129 Å². The third-order valence-electron chi connectivity index (χ3n) is 4.42. The molecule has 1 saturated carbocycles. The Balaban J connectivity index is 2.41. The summed E-state index contributed by atoms with van der Waals surface area (Å²) in [5.41, 5.74) is 0.828. The fraction of sp³-hybridized carbons (Fsp3) is 0.500. The van der Waals surface area contributed by atoms with Crippen LogP contribution < -0.4 is 4.90 Å². The molecule has 0 spiro atoms. The summed E-state index contributed by atoms with van der Waals surface area (Å²) in [5.74, 6) is -0.795. The predicted molar refractivity (Wildman–Crippen MR) is 82.6 cm³/mol. The number of benzene rings is 1. The maximum absolute atomic E-state index is 11.3. The first-order valence-electron chi connectivity index (χ1n) is 7.14. The lowest BCUT2D eigenvalue weighted by Gasteiger charge is -2.45. The Hall–Kier alpha value is -1.73. The van der Waals surface area contributed by atoms with Gasteiger partial charge in [0.25, 0.3) is 0 Å². The highest BCUT2D eigenvalue weighted by molar-refractivity contribution is 6.30. The number of nitriles is 1. The lowest BCUT2D eigenvalue weighted by molar-refractivity contribution is -0.138. The van der Waals surface area contributed by atoms with Crippen LogP contribution in [0.15, 0.2) is 18.2 Å². The van der Waals surface area contributed by atoms with Gasteiger partial charge in [0.1, 0.15) is 6.07 Å². The third kappa shape index (κ3) is 3.30. The summed E-state index contributed by atoms with van der Waals surface area (Å²) in [6, 6.07) is 7.33. The first-order valence-corrected chi connectivity index (χ1v) is 7.51. The van der Waals surface area contributed by atoms with E-state index in [1.807, 2.05) is 11.9 Å². The number of carboxylic acid groups (broad SMARTS) is 1. The molecule has 1 aromatic carbocycles. The first-order chi connectivity index (χ1) is 9.98. The lowest BCUT2D eigenvalue weighted by atomic mass is 9.77. The molecule has 0 heterocycles. The van der Waals surface area contributed by atoms with Gasteiger partial charge in [-0.2, -0.15) is 5.26 Å². The van der Waals surface area contributed by atoms with Gasteiger partial charge in [-0.3, -0.25) is 4.79 Å². The van der Waals surface area contributed by atoms with E-state index in [-0.39, 0.29) is 6.42 Å². The van der Waals surface area contributed by atoms with Gasteiger partial charge in [-0.1, -0.05) is 30.9 Å². The van der Waals surface area contributed by atoms with E-state index < -0.39 is 11.5 Å². The first kappa shape index (κ1) is 15.7. The average molecular weight is 307 g/mol. The van der Waals surface area contributed by atoms with E-state index in [0.29, 0.717) is 10.6 Å². The second kappa shape index (κ2) is 6.36. The molecule has 0 bridgehead atoms. The van der Waals surface area contributed by atoms with Gasteiger partial charge < -0.3 is 10.0 Å². The maximum atomic E-state index is 11.3. The number of halogens is 1. The van der Waals surface area contributed by atoms with Crippen molar-refractivity contribution in [3.05, 3.63) is 28.8 Å². The van der Waals surface area contributed by atoms with Crippen molar-refractivity contribution in [3.63, 3.8) is 0 Å². The SMILES string of the molecule is CN(c1ccc(Cl)cc1C#N)C1(CC(=O)O)CCCCC1. The van der Waals surface area contributed by atoms with Crippen LogP contribution in [0, 0.1) is 11.3 Å². The van der Waals surface area contributed by atoms with Crippen LogP contribution in [-0.4, -0.2) is 23.7 Å². The molecule has 1 aliphatic carbocycles. The summed E-state index contributed by atoms with van der Waals surface area (Å²) < 4.78 is 0. The standard InChI is InChI=1S/C16H19ClN2O2/c1-19(14-6-5-13(17)9-12(14)11-18)16(10-15(20)21)7-3-2-4-8-16/h5-6,9H,2-4,7-8,10H2,1H3,(H,20,21).